The lowest BCUT2D eigenvalue weighted by Crippen LogP contribution is -2.25. The van der Waals surface area contributed by atoms with E-state index in [1.807, 2.05) is 42.2 Å². The third-order valence-electron chi connectivity index (χ3n) is 5.01. The summed E-state index contributed by atoms with van der Waals surface area (Å²) in [5.74, 6) is 2.78. The van der Waals surface area contributed by atoms with Crippen LogP contribution in [0.5, 0.6) is 23.0 Å². The number of methoxy groups -OCH3 is 3. The molecule has 9 heteroatoms. The van der Waals surface area contributed by atoms with Crippen LogP contribution in [0.1, 0.15) is 23.9 Å². The summed E-state index contributed by atoms with van der Waals surface area (Å²) in [6.07, 6.45) is 1.97. The van der Waals surface area contributed by atoms with Crippen LogP contribution in [-0.4, -0.2) is 38.8 Å². The van der Waals surface area contributed by atoms with Crippen LogP contribution in [0.15, 0.2) is 42.6 Å². The van der Waals surface area contributed by atoms with Gasteiger partial charge in [-0.2, -0.15) is 0 Å². The Labute approximate surface area is 194 Å². The van der Waals surface area contributed by atoms with Gasteiger partial charge in [0, 0.05) is 36.3 Å². The van der Waals surface area contributed by atoms with Crippen LogP contribution < -0.4 is 23.8 Å². The molecule has 0 atom stereocenters. The molecule has 0 amide bonds. The van der Waals surface area contributed by atoms with E-state index in [-0.39, 0.29) is 5.82 Å². The molecule has 0 N–H and O–H groups in total. The number of hydrogen-bond donors (Lipinski definition) is 0. The predicted molar refractivity (Wildman–Crippen MR) is 126 cm³/mol. The molecule has 1 heterocycles. The standard InChI is InChI=1S/C24H28BFN3O4/c1-6-25-33-20-10-8-18(23(12-20)32-5)15-29(24-21(26)13-27-16(2)28-24)14-17-7-9-19(30-3)11-22(17)31-4/h7-13H,6,14-15H2,1-5H3. The lowest BCUT2D eigenvalue weighted by molar-refractivity contribution is 0.390. The molecule has 1 radical (unpaired) electrons. The molecular formula is C24H28BFN3O4. The number of hydrogen-bond acceptors (Lipinski definition) is 7. The van der Waals surface area contributed by atoms with Gasteiger partial charge in [-0.3, -0.25) is 0 Å². The summed E-state index contributed by atoms with van der Waals surface area (Å²) < 4.78 is 36.9. The van der Waals surface area contributed by atoms with Crippen molar-refractivity contribution in [3.05, 3.63) is 65.4 Å². The highest BCUT2D eigenvalue weighted by Crippen LogP contribution is 2.31. The quantitative estimate of drug-likeness (QED) is 0.394. The van der Waals surface area contributed by atoms with E-state index in [0.717, 1.165) is 17.4 Å². The van der Waals surface area contributed by atoms with Crippen LogP contribution in [0.25, 0.3) is 0 Å². The van der Waals surface area contributed by atoms with Crippen LogP contribution in [-0.2, 0) is 13.1 Å². The lowest BCUT2D eigenvalue weighted by Gasteiger charge is -2.26. The minimum atomic E-state index is -0.510. The predicted octanol–water partition coefficient (Wildman–Crippen LogP) is 4.59. The summed E-state index contributed by atoms with van der Waals surface area (Å²) in [5, 5.41) is 0. The average molecular weight is 452 g/mol. The summed E-state index contributed by atoms with van der Waals surface area (Å²) >= 11 is 0. The van der Waals surface area contributed by atoms with Gasteiger partial charge in [0.05, 0.1) is 27.5 Å². The molecule has 33 heavy (non-hydrogen) atoms. The van der Waals surface area contributed by atoms with Gasteiger partial charge in [-0.1, -0.05) is 6.92 Å². The Balaban J connectivity index is 1.99. The molecule has 0 saturated heterocycles. The molecule has 0 aliphatic heterocycles. The van der Waals surface area contributed by atoms with Crippen molar-refractivity contribution in [1.82, 2.24) is 9.97 Å². The van der Waals surface area contributed by atoms with Gasteiger partial charge in [0.15, 0.2) is 11.6 Å². The molecule has 173 valence electrons. The fourth-order valence-electron chi connectivity index (χ4n) is 3.37. The van der Waals surface area contributed by atoms with Crippen LogP contribution in [0.3, 0.4) is 0 Å². The molecule has 1 aromatic heterocycles. The van der Waals surface area contributed by atoms with Gasteiger partial charge < -0.3 is 23.8 Å². The van der Waals surface area contributed by atoms with Crippen molar-refractivity contribution in [2.24, 2.45) is 0 Å². The van der Waals surface area contributed by atoms with Crippen molar-refractivity contribution in [2.75, 3.05) is 26.2 Å². The number of aromatic nitrogens is 2. The zero-order valence-electron chi connectivity index (χ0n) is 19.6. The third-order valence-corrected chi connectivity index (χ3v) is 5.01. The average Bonchev–Trinajstić information content (AvgIpc) is 2.84. The number of nitrogens with zero attached hydrogens (tertiary/aromatic N) is 3. The topological polar surface area (TPSA) is 65.9 Å². The van der Waals surface area contributed by atoms with Crippen molar-refractivity contribution in [3.8, 4) is 23.0 Å². The number of anilines is 1. The first-order valence-electron chi connectivity index (χ1n) is 10.6. The molecule has 0 aliphatic carbocycles. The van der Waals surface area contributed by atoms with Gasteiger partial charge in [0.2, 0.25) is 0 Å². The summed E-state index contributed by atoms with van der Waals surface area (Å²) in [6, 6.07) is 11.1. The zero-order chi connectivity index (χ0) is 23.8. The van der Waals surface area contributed by atoms with Crippen LogP contribution in [0.2, 0.25) is 6.32 Å². The Kier molecular flexibility index (Phi) is 8.35. The normalized spacial score (nSPS) is 10.5. The van der Waals surface area contributed by atoms with Gasteiger partial charge in [-0.15, -0.1) is 0 Å². The third kappa shape index (κ3) is 6.06. The van der Waals surface area contributed by atoms with Gasteiger partial charge in [0.1, 0.15) is 28.8 Å². The molecule has 0 spiro atoms. The molecule has 7 nitrogen and oxygen atoms in total. The van der Waals surface area contributed by atoms with Crippen molar-refractivity contribution in [1.29, 1.82) is 0 Å². The summed E-state index contributed by atoms with van der Waals surface area (Å²) in [4.78, 5) is 10.2. The summed E-state index contributed by atoms with van der Waals surface area (Å²) in [7, 11) is 6.50. The zero-order valence-corrected chi connectivity index (χ0v) is 19.6. The number of benzene rings is 2. The highest BCUT2D eigenvalue weighted by Gasteiger charge is 2.20. The molecule has 0 saturated carbocycles. The molecular weight excluding hydrogens is 424 g/mol. The second-order valence-electron chi connectivity index (χ2n) is 7.29. The molecule has 3 aromatic rings. The van der Waals surface area contributed by atoms with Gasteiger partial charge in [-0.25, -0.2) is 14.4 Å². The van der Waals surface area contributed by atoms with Gasteiger partial charge in [0.25, 0.3) is 0 Å². The molecule has 0 bridgehead atoms. The van der Waals surface area contributed by atoms with Crippen molar-refractivity contribution >= 4 is 13.3 Å². The van der Waals surface area contributed by atoms with E-state index >= 15 is 0 Å². The summed E-state index contributed by atoms with van der Waals surface area (Å²) in [6.45, 7) is 4.40. The molecule has 2 aromatic carbocycles. The maximum Gasteiger partial charge on any atom is 0.369 e. The lowest BCUT2D eigenvalue weighted by atomic mass is 9.97. The first kappa shape index (κ1) is 24.2. The van der Waals surface area contributed by atoms with Crippen LogP contribution in [0, 0.1) is 12.7 Å². The number of ether oxygens (including phenoxy) is 3. The van der Waals surface area contributed by atoms with E-state index in [1.54, 1.807) is 41.8 Å². The highest BCUT2D eigenvalue weighted by molar-refractivity contribution is 6.28. The van der Waals surface area contributed by atoms with E-state index in [4.69, 9.17) is 18.9 Å². The second-order valence-corrected chi connectivity index (χ2v) is 7.29. The number of rotatable bonds is 11. The van der Waals surface area contributed by atoms with E-state index in [2.05, 4.69) is 9.97 Å². The fourth-order valence-corrected chi connectivity index (χ4v) is 3.37. The van der Waals surface area contributed by atoms with Crippen molar-refractivity contribution < 1.29 is 23.3 Å². The van der Waals surface area contributed by atoms with Gasteiger partial charge in [-0.05, 0) is 37.5 Å². The van der Waals surface area contributed by atoms with Crippen molar-refractivity contribution in [3.63, 3.8) is 0 Å². The smallest absolute Gasteiger partial charge is 0.369 e. The van der Waals surface area contributed by atoms with Gasteiger partial charge >= 0.3 is 7.48 Å². The Morgan fingerprint density at radius 1 is 0.909 bits per heavy atom. The van der Waals surface area contributed by atoms with Crippen LogP contribution in [0.4, 0.5) is 10.2 Å². The Morgan fingerprint density at radius 2 is 1.52 bits per heavy atom. The summed E-state index contributed by atoms with van der Waals surface area (Å²) in [5.41, 5.74) is 1.70. The maximum absolute atomic E-state index is 14.8. The van der Waals surface area contributed by atoms with E-state index in [0.29, 0.717) is 41.9 Å². The molecule has 3 rings (SSSR count). The van der Waals surface area contributed by atoms with Crippen LogP contribution >= 0.6 is 0 Å². The highest BCUT2D eigenvalue weighted by atomic mass is 19.1. The Morgan fingerprint density at radius 3 is 2.09 bits per heavy atom. The molecule has 0 fully saturated rings. The first-order chi connectivity index (χ1) is 16.0. The van der Waals surface area contributed by atoms with E-state index < -0.39 is 5.82 Å². The first-order valence-corrected chi connectivity index (χ1v) is 10.6. The molecule has 0 aliphatic rings. The molecule has 0 unspecified atom stereocenters. The monoisotopic (exact) mass is 452 g/mol. The minimum Gasteiger partial charge on any atom is -0.563 e. The van der Waals surface area contributed by atoms with Crippen molar-refractivity contribution in [2.45, 2.75) is 33.3 Å². The number of aryl methyl sites for hydroxylation is 1. The fraction of sp³-hybridized carbons (Fsp3) is 0.333. The van der Waals surface area contributed by atoms with E-state index in [1.165, 1.54) is 6.20 Å². The SMILES string of the molecule is CC[B]Oc1ccc(CN(Cc2ccc(OC)cc2OC)c2nc(C)ncc2F)c(OC)c1. The Hall–Kier alpha value is -3.49. The minimum absolute atomic E-state index is 0.196. The Bertz CT molecular complexity index is 1080. The second kappa shape index (κ2) is 11.4. The number of halogens is 1. The maximum atomic E-state index is 14.8. The largest absolute Gasteiger partial charge is 0.563 e. The van der Waals surface area contributed by atoms with E-state index in [9.17, 15) is 4.39 Å².